The van der Waals surface area contributed by atoms with Gasteiger partial charge in [-0.05, 0) is 31.5 Å². The van der Waals surface area contributed by atoms with Crippen molar-refractivity contribution in [1.29, 1.82) is 0 Å². The third kappa shape index (κ3) is 3.97. The van der Waals surface area contributed by atoms with Crippen LogP contribution in [0.5, 0.6) is 0 Å². The van der Waals surface area contributed by atoms with Crippen molar-refractivity contribution in [2.45, 2.75) is 65.1 Å². The first-order chi connectivity index (χ1) is 10.9. The normalized spacial score (nSPS) is 25.0. The molecule has 2 fully saturated rings. The summed E-state index contributed by atoms with van der Waals surface area (Å²) >= 11 is 5.48. The van der Waals surface area contributed by atoms with Gasteiger partial charge in [0.05, 0.1) is 11.7 Å². The molecule has 2 heterocycles. The molecule has 5 nitrogen and oxygen atoms in total. The van der Waals surface area contributed by atoms with Crippen LogP contribution in [0.1, 0.15) is 53.4 Å². The minimum Gasteiger partial charge on any atom is -0.363 e. The van der Waals surface area contributed by atoms with Crippen LogP contribution in [0, 0.1) is 5.92 Å². The Labute approximate surface area is 146 Å². The molecule has 132 valence electrons. The molecular formula is C17H32N4OS. The number of carbonyl (C=O) groups excluding carboxylic acids is 1. The minimum atomic E-state index is -0.170. The Kier molecular flexibility index (Phi) is 6.26. The second-order valence-electron chi connectivity index (χ2n) is 7.08. The van der Waals surface area contributed by atoms with E-state index in [0.717, 1.165) is 57.0 Å². The summed E-state index contributed by atoms with van der Waals surface area (Å²) in [5.74, 6) is 0.790. The predicted octanol–water partition coefficient (Wildman–Crippen LogP) is 1.93. The lowest BCUT2D eigenvalue weighted by atomic mass is 9.94. The molecule has 0 unspecified atom stereocenters. The van der Waals surface area contributed by atoms with Crippen molar-refractivity contribution in [2.75, 3.05) is 26.2 Å². The molecule has 1 spiro atoms. The Morgan fingerprint density at radius 3 is 2.65 bits per heavy atom. The highest BCUT2D eigenvalue weighted by atomic mass is 32.1. The van der Waals surface area contributed by atoms with Crippen molar-refractivity contribution in [3.8, 4) is 0 Å². The Balaban J connectivity index is 2.01. The quantitative estimate of drug-likeness (QED) is 0.749. The Morgan fingerprint density at radius 2 is 2.09 bits per heavy atom. The summed E-state index contributed by atoms with van der Waals surface area (Å²) in [6, 6.07) is -0.0734. The zero-order valence-corrected chi connectivity index (χ0v) is 15.8. The number of hydrogen-bond donors (Lipinski definition) is 2. The SMILES string of the molecule is CCCNC(=S)N1CCC2(CC1)N[C@H](C)C(=O)N2C[C@H](C)CC. The molecule has 23 heavy (non-hydrogen) atoms. The van der Waals surface area contributed by atoms with Crippen LogP contribution in [0.2, 0.25) is 0 Å². The summed E-state index contributed by atoms with van der Waals surface area (Å²) in [4.78, 5) is 17.0. The second kappa shape index (κ2) is 7.79. The van der Waals surface area contributed by atoms with E-state index < -0.39 is 0 Å². The van der Waals surface area contributed by atoms with Crippen LogP contribution in [0.3, 0.4) is 0 Å². The molecule has 1 amide bonds. The largest absolute Gasteiger partial charge is 0.363 e. The van der Waals surface area contributed by atoms with Gasteiger partial charge in [-0.1, -0.05) is 27.2 Å². The lowest BCUT2D eigenvalue weighted by Gasteiger charge is -2.46. The predicted molar refractivity (Wildman–Crippen MR) is 98.2 cm³/mol. The van der Waals surface area contributed by atoms with E-state index in [1.807, 2.05) is 6.92 Å². The third-order valence-electron chi connectivity index (χ3n) is 5.23. The molecular weight excluding hydrogens is 308 g/mol. The first-order valence-corrected chi connectivity index (χ1v) is 9.46. The molecule has 2 aliphatic rings. The van der Waals surface area contributed by atoms with Crippen molar-refractivity contribution >= 4 is 23.2 Å². The Hall–Kier alpha value is -0.880. The van der Waals surface area contributed by atoms with Crippen LogP contribution in [0.25, 0.3) is 0 Å². The van der Waals surface area contributed by atoms with Crippen LogP contribution in [-0.2, 0) is 4.79 Å². The van der Waals surface area contributed by atoms with Gasteiger partial charge in [0.25, 0.3) is 0 Å². The number of thiocarbonyl (C=S) groups is 1. The van der Waals surface area contributed by atoms with Crippen LogP contribution in [0.15, 0.2) is 0 Å². The number of hydrogen-bond acceptors (Lipinski definition) is 3. The summed E-state index contributed by atoms with van der Waals surface area (Å²) in [5.41, 5.74) is -0.170. The van der Waals surface area contributed by atoms with E-state index in [1.165, 1.54) is 0 Å². The van der Waals surface area contributed by atoms with Gasteiger partial charge in [-0.15, -0.1) is 0 Å². The van der Waals surface area contributed by atoms with Gasteiger partial charge in [0, 0.05) is 39.0 Å². The third-order valence-corrected chi connectivity index (χ3v) is 5.64. The monoisotopic (exact) mass is 340 g/mol. The number of rotatable bonds is 5. The smallest absolute Gasteiger partial charge is 0.240 e. The van der Waals surface area contributed by atoms with E-state index in [9.17, 15) is 4.79 Å². The van der Waals surface area contributed by atoms with Gasteiger partial charge in [-0.2, -0.15) is 0 Å². The molecule has 0 saturated carbocycles. The zero-order chi connectivity index (χ0) is 17.0. The van der Waals surface area contributed by atoms with E-state index in [0.29, 0.717) is 5.92 Å². The first-order valence-electron chi connectivity index (χ1n) is 9.05. The highest BCUT2D eigenvalue weighted by Gasteiger charge is 2.50. The molecule has 2 rings (SSSR count). The number of nitrogens with zero attached hydrogens (tertiary/aromatic N) is 2. The molecule has 2 N–H and O–H groups in total. The maximum atomic E-state index is 12.6. The number of piperidine rings is 1. The highest BCUT2D eigenvalue weighted by Crippen LogP contribution is 2.33. The molecule has 6 heteroatoms. The van der Waals surface area contributed by atoms with Gasteiger partial charge in [0.15, 0.2) is 5.11 Å². The van der Waals surface area contributed by atoms with Crippen LogP contribution in [0.4, 0.5) is 0 Å². The fraction of sp³-hybridized carbons (Fsp3) is 0.882. The summed E-state index contributed by atoms with van der Waals surface area (Å²) < 4.78 is 0. The van der Waals surface area contributed by atoms with Gasteiger partial charge >= 0.3 is 0 Å². The van der Waals surface area contributed by atoms with Crippen molar-refractivity contribution in [1.82, 2.24) is 20.4 Å². The molecule has 2 atom stereocenters. The van der Waals surface area contributed by atoms with Crippen molar-refractivity contribution < 1.29 is 4.79 Å². The second-order valence-corrected chi connectivity index (χ2v) is 7.47. The van der Waals surface area contributed by atoms with E-state index in [1.54, 1.807) is 0 Å². The fourth-order valence-electron chi connectivity index (χ4n) is 3.53. The van der Waals surface area contributed by atoms with Crippen LogP contribution < -0.4 is 10.6 Å². The Morgan fingerprint density at radius 1 is 1.43 bits per heavy atom. The van der Waals surface area contributed by atoms with Gasteiger partial charge in [-0.3, -0.25) is 10.1 Å². The number of amides is 1. The van der Waals surface area contributed by atoms with Crippen molar-refractivity contribution in [2.24, 2.45) is 5.92 Å². The van der Waals surface area contributed by atoms with Gasteiger partial charge < -0.3 is 15.1 Å². The topological polar surface area (TPSA) is 47.6 Å². The molecule has 0 aromatic carbocycles. The number of nitrogens with one attached hydrogen (secondary N) is 2. The van der Waals surface area contributed by atoms with E-state index >= 15 is 0 Å². The summed E-state index contributed by atoms with van der Waals surface area (Å²) in [5, 5.41) is 7.75. The minimum absolute atomic E-state index is 0.0734. The first kappa shape index (κ1) is 18.5. The van der Waals surface area contributed by atoms with E-state index in [2.05, 4.69) is 41.2 Å². The molecule has 2 saturated heterocycles. The lowest BCUT2D eigenvalue weighted by molar-refractivity contribution is -0.133. The highest BCUT2D eigenvalue weighted by molar-refractivity contribution is 7.80. The zero-order valence-electron chi connectivity index (χ0n) is 15.0. The van der Waals surface area contributed by atoms with Gasteiger partial charge in [0.2, 0.25) is 5.91 Å². The van der Waals surface area contributed by atoms with Crippen molar-refractivity contribution in [3.05, 3.63) is 0 Å². The molecule has 0 aromatic rings. The molecule has 0 aliphatic carbocycles. The Bertz CT molecular complexity index is 434. The molecule has 0 bridgehead atoms. The van der Waals surface area contributed by atoms with Crippen LogP contribution in [-0.4, -0.2) is 58.7 Å². The maximum absolute atomic E-state index is 12.6. The number of carbonyl (C=O) groups is 1. The van der Waals surface area contributed by atoms with Gasteiger partial charge in [0.1, 0.15) is 0 Å². The standard InChI is InChI=1S/C17H32N4OS/c1-5-9-18-16(23)20-10-7-17(8-11-20)19-14(4)15(22)21(17)12-13(3)6-2/h13-14,19H,5-12H2,1-4H3,(H,18,23)/t13-,14-/m1/s1. The summed E-state index contributed by atoms with van der Waals surface area (Å²) in [6.45, 7) is 12.1. The lowest BCUT2D eigenvalue weighted by Crippen LogP contribution is -2.60. The van der Waals surface area contributed by atoms with Gasteiger partial charge in [-0.25, -0.2) is 0 Å². The molecule has 0 aromatic heterocycles. The number of likely N-dealkylation sites (tertiary alicyclic amines) is 1. The average Bonchev–Trinajstić information content (AvgIpc) is 2.77. The molecule has 2 aliphatic heterocycles. The average molecular weight is 341 g/mol. The van der Waals surface area contributed by atoms with Crippen LogP contribution >= 0.6 is 12.2 Å². The summed E-state index contributed by atoms with van der Waals surface area (Å²) in [7, 11) is 0. The molecule has 0 radical (unpaired) electrons. The van der Waals surface area contributed by atoms with E-state index in [-0.39, 0.29) is 17.6 Å². The summed E-state index contributed by atoms with van der Waals surface area (Å²) in [6.07, 6.45) is 4.06. The maximum Gasteiger partial charge on any atom is 0.240 e. The van der Waals surface area contributed by atoms with Crippen molar-refractivity contribution in [3.63, 3.8) is 0 Å². The fourth-order valence-corrected chi connectivity index (χ4v) is 3.82. The van der Waals surface area contributed by atoms with E-state index in [4.69, 9.17) is 12.2 Å².